The first-order chi connectivity index (χ1) is 10.5. The molecular formula is C17H23N3O2. The summed E-state index contributed by atoms with van der Waals surface area (Å²) in [6.45, 7) is 1.91. The first-order valence-corrected chi connectivity index (χ1v) is 7.96. The first kappa shape index (κ1) is 15.0. The van der Waals surface area contributed by atoms with Crippen molar-refractivity contribution < 1.29 is 9.90 Å². The van der Waals surface area contributed by atoms with Gasteiger partial charge < -0.3 is 15.0 Å². The number of carbonyl (C=O) groups is 1. The van der Waals surface area contributed by atoms with Crippen molar-refractivity contribution in [2.45, 2.75) is 50.7 Å². The summed E-state index contributed by atoms with van der Waals surface area (Å²) in [7, 11) is 1.95. The highest BCUT2D eigenvalue weighted by Gasteiger charge is 2.37. The van der Waals surface area contributed by atoms with Crippen molar-refractivity contribution in [2.24, 2.45) is 7.05 Å². The average molecular weight is 301 g/mol. The summed E-state index contributed by atoms with van der Waals surface area (Å²) in [4.78, 5) is 17.0. The first-order valence-electron chi connectivity index (χ1n) is 7.96. The molecule has 0 radical (unpaired) electrons. The van der Waals surface area contributed by atoms with Crippen LogP contribution in [0.4, 0.5) is 0 Å². The van der Waals surface area contributed by atoms with Crippen LogP contribution in [0.2, 0.25) is 0 Å². The number of rotatable bonds is 3. The zero-order valence-electron chi connectivity index (χ0n) is 13.2. The summed E-state index contributed by atoms with van der Waals surface area (Å²) in [5.41, 5.74) is 0.740. The molecule has 2 aromatic rings. The molecule has 1 atom stereocenters. The van der Waals surface area contributed by atoms with Crippen molar-refractivity contribution in [3.05, 3.63) is 30.1 Å². The molecule has 3 rings (SSSR count). The fraction of sp³-hybridized carbons (Fsp3) is 0.529. The molecule has 1 aromatic heterocycles. The molecule has 0 aliphatic heterocycles. The summed E-state index contributed by atoms with van der Waals surface area (Å²) in [6, 6.07) is 7.65. The number of para-hydroxylation sites is 2. The SMILES string of the molecule is CC(NC(=O)C1(O)CCCCC1)c1nc2ccccc2n1C. The van der Waals surface area contributed by atoms with Crippen LogP contribution in [0.1, 0.15) is 50.9 Å². The van der Waals surface area contributed by atoms with E-state index >= 15 is 0 Å². The molecule has 22 heavy (non-hydrogen) atoms. The van der Waals surface area contributed by atoms with Gasteiger partial charge in [-0.15, -0.1) is 0 Å². The Hall–Kier alpha value is -1.88. The second kappa shape index (κ2) is 5.72. The van der Waals surface area contributed by atoms with Crippen LogP contribution in [-0.2, 0) is 11.8 Å². The van der Waals surface area contributed by atoms with Gasteiger partial charge in [-0.05, 0) is 31.9 Å². The minimum Gasteiger partial charge on any atom is -0.380 e. The van der Waals surface area contributed by atoms with Crippen molar-refractivity contribution in [3.8, 4) is 0 Å². The van der Waals surface area contributed by atoms with Crippen LogP contribution in [0.15, 0.2) is 24.3 Å². The van der Waals surface area contributed by atoms with E-state index in [1.54, 1.807) is 0 Å². The Kier molecular flexibility index (Phi) is 3.91. The number of hydrogen-bond acceptors (Lipinski definition) is 3. The molecule has 1 saturated carbocycles. The molecule has 1 fully saturated rings. The second-order valence-corrected chi connectivity index (χ2v) is 6.31. The predicted octanol–water partition coefficient (Wildman–Crippen LogP) is 2.45. The molecule has 2 N–H and O–H groups in total. The average Bonchev–Trinajstić information content (AvgIpc) is 2.86. The number of aryl methyl sites for hydroxylation is 1. The van der Waals surface area contributed by atoms with E-state index in [-0.39, 0.29) is 11.9 Å². The number of imidazole rings is 1. The molecule has 1 aromatic carbocycles. The van der Waals surface area contributed by atoms with Gasteiger partial charge in [-0.1, -0.05) is 31.4 Å². The smallest absolute Gasteiger partial charge is 0.252 e. The molecule has 0 saturated heterocycles. The van der Waals surface area contributed by atoms with Gasteiger partial charge in [-0.3, -0.25) is 4.79 Å². The molecule has 1 aliphatic carbocycles. The van der Waals surface area contributed by atoms with E-state index in [0.717, 1.165) is 36.1 Å². The number of nitrogens with zero attached hydrogens (tertiary/aromatic N) is 2. The van der Waals surface area contributed by atoms with Crippen LogP contribution in [0.25, 0.3) is 11.0 Å². The number of carbonyl (C=O) groups excluding carboxylic acids is 1. The zero-order valence-corrected chi connectivity index (χ0v) is 13.2. The van der Waals surface area contributed by atoms with Crippen LogP contribution >= 0.6 is 0 Å². The van der Waals surface area contributed by atoms with Gasteiger partial charge in [0.2, 0.25) is 0 Å². The summed E-state index contributed by atoms with van der Waals surface area (Å²) in [5.74, 6) is 0.528. The molecule has 1 amide bonds. The lowest BCUT2D eigenvalue weighted by atomic mass is 9.84. The monoisotopic (exact) mass is 301 g/mol. The van der Waals surface area contributed by atoms with Gasteiger partial charge >= 0.3 is 0 Å². The van der Waals surface area contributed by atoms with E-state index < -0.39 is 5.60 Å². The number of nitrogens with one attached hydrogen (secondary N) is 1. The molecule has 1 unspecified atom stereocenters. The van der Waals surface area contributed by atoms with Gasteiger partial charge in [0.25, 0.3) is 5.91 Å². The number of aromatic nitrogens is 2. The van der Waals surface area contributed by atoms with Crippen molar-refractivity contribution in [2.75, 3.05) is 0 Å². The summed E-state index contributed by atoms with van der Waals surface area (Å²) in [6.07, 6.45) is 4.01. The van der Waals surface area contributed by atoms with E-state index in [1.165, 1.54) is 0 Å². The minimum absolute atomic E-state index is 0.240. The third-order valence-electron chi connectivity index (χ3n) is 4.66. The van der Waals surface area contributed by atoms with Crippen molar-refractivity contribution in [1.29, 1.82) is 0 Å². The molecule has 1 aliphatic rings. The standard InChI is InChI=1S/C17H23N3O2/c1-12(18-16(21)17(22)10-6-3-7-11-17)15-19-13-8-4-5-9-14(13)20(15)2/h4-5,8-9,12,22H,3,6-7,10-11H2,1-2H3,(H,18,21). The highest BCUT2D eigenvalue weighted by atomic mass is 16.3. The summed E-state index contributed by atoms with van der Waals surface area (Å²) in [5, 5.41) is 13.4. The maximum Gasteiger partial charge on any atom is 0.252 e. The van der Waals surface area contributed by atoms with E-state index in [0.29, 0.717) is 12.8 Å². The molecule has 1 heterocycles. The molecule has 5 nitrogen and oxygen atoms in total. The lowest BCUT2D eigenvalue weighted by Crippen LogP contribution is -2.48. The van der Waals surface area contributed by atoms with Crippen molar-refractivity contribution in [1.82, 2.24) is 14.9 Å². The Morgan fingerprint density at radius 3 is 2.68 bits per heavy atom. The topological polar surface area (TPSA) is 67.2 Å². The molecule has 0 spiro atoms. The number of aliphatic hydroxyl groups is 1. The number of hydrogen-bond donors (Lipinski definition) is 2. The highest BCUT2D eigenvalue weighted by Crippen LogP contribution is 2.29. The Labute approximate surface area is 130 Å². The van der Waals surface area contributed by atoms with Crippen LogP contribution in [0.3, 0.4) is 0 Å². The highest BCUT2D eigenvalue weighted by molar-refractivity contribution is 5.85. The van der Waals surface area contributed by atoms with Crippen LogP contribution in [0.5, 0.6) is 0 Å². The van der Waals surface area contributed by atoms with Crippen LogP contribution in [0, 0.1) is 0 Å². The maximum absolute atomic E-state index is 12.4. The van der Waals surface area contributed by atoms with Gasteiger partial charge in [-0.25, -0.2) is 4.98 Å². The Morgan fingerprint density at radius 1 is 1.32 bits per heavy atom. The van der Waals surface area contributed by atoms with E-state index in [4.69, 9.17) is 0 Å². The van der Waals surface area contributed by atoms with Gasteiger partial charge in [0.15, 0.2) is 0 Å². The third-order valence-corrected chi connectivity index (χ3v) is 4.66. The van der Waals surface area contributed by atoms with E-state index in [9.17, 15) is 9.90 Å². The summed E-state index contributed by atoms with van der Waals surface area (Å²) >= 11 is 0. The number of fused-ring (bicyclic) bond motifs is 1. The summed E-state index contributed by atoms with van der Waals surface area (Å²) < 4.78 is 1.99. The Morgan fingerprint density at radius 2 is 2.00 bits per heavy atom. The lowest BCUT2D eigenvalue weighted by molar-refractivity contribution is -0.143. The largest absolute Gasteiger partial charge is 0.380 e. The molecule has 118 valence electrons. The Bertz CT molecular complexity index is 686. The molecule has 0 bridgehead atoms. The van der Waals surface area contributed by atoms with E-state index in [1.807, 2.05) is 42.8 Å². The minimum atomic E-state index is -1.21. The number of benzene rings is 1. The third kappa shape index (κ3) is 2.61. The van der Waals surface area contributed by atoms with Gasteiger partial charge in [0.1, 0.15) is 11.4 Å². The second-order valence-electron chi connectivity index (χ2n) is 6.31. The normalized spacial score (nSPS) is 19.0. The zero-order chi connectivity index (χ0) is 15.7. The van der Waals surface area contributed by atoms with Gasteiger partial charge in [0.05, 0.1) is 17.1 Å². The quantitative estimate of drug-likeness (QED) is 0.915. The van der Waals surface area contributed by atoms with Crippen molar-refractivity contribution >= 4 is 16.9 Å². The van der Waals surface area contributed by atoms with E-state index in [2.05, 4.69) is 10.3 Å². The fourth-order valence-corrected chi connectivity index (χ4v) is 3.31. The maximum atomic E-state index is 12.4. The Balaban J connectivity index is 1.79. The number of amides is 1. The fourth-order valence-electron chi connectivity index (χ4n) is 3.31. The van der Waals surface area contributed by atoms with Gasteiger partial charge in [-0.2, -0.15) is 0 Å². The van der Waals surface area contributed by atoms with Gasteiger partial charge in [0, 0.05) is 7.05 Å². The lowest BCUT2D eigenvalue weighted by Gasteiger charge is -2.31. The van der Waals surface area contributed by atoms with Crippen LogP contribution < -0.4 is 5.32 Å². The van der Waals surface area contributed by atoms with Crippen molar-refractivity contribution in [3.63, 3.8) is 0 Å². The predicted molar refractivity (Wildman–Crippen MR) is 85.3 cm³/mol. The van der Waals surface area contributed by atoms with Crippen LogP contribution in [-0.4, -0.2) is 26.2 Å². The molecule has 5 heteroatoms. The molecular weight excluding hydrogens is 278 g/mol.